The van der Waals surface area contributed by atoms with Gasteiger partial charge in [0.2, 0.25) is 10.0 Å². The van der Waals surface area contributed by atoms with Crippen LogP contribution in [-0.2, 0) is 16.6 Å². The molecule has 0 aromatic heterocycles. The highest BCUT2D eigenvalue weighted by Crippen LogP contribution is 2.33. The van der Waals surface area contributed by atoms with Crippen LogP contribution in [0.25, 0.3) is 0 Å². The van der Waals surface area contributed by atoms with Crippen molar-refractivity contribution in [2.24, 2.45) is 0 Å². The van der Waals surface area contributed by atoms with Crippen LogP contribution in [0.15, 0.2) is 48.5 Å². The second-order valence-electron chi connectivity index (χ2n) is 8.97. The van der Waals surface area contributed by atoms with Gasteiger partial charge in [-0.3, -0.25) is 4.31 Å². The second kappa shape index (κ2) is 10.2. The number of benzene rings is 2. The summed E-state index contributed by atoms with van der Waals surface area (Å²) in [6.07, 6.45) is 7.52. The first-order chi connectivity index (χ1) is 15.5. The Kier molecular flexibility index (Phi) is 7.38. The molecule has 2 N–H and O–H groups in total. The van der Waals surface area contributed by atoms with E-state index in [9.17, 15) is 8.42 Å². The molecule has 1 saturated carbocycles. The molecule has 2 aromatic carbocycles. The van der Waals surface area contributed by atoms with Gasteiger partial charge in [-0.25, -0.2) is 8.42 Å². The average Bonchev–Trinajstić information content (AvgIpc) is 3.32. The number of rotatable bonds is 8. The molecular weight excluding hydrogens is 422 g/mol. The van der Waals surface area contributed by atoms with Crippen molar-refractivity contribution in [1.29, 1.82) is 0 Å². The molecule has 0 unspecified atom stereocenters. The van der Waals surface area contributed by atoms with Gasteiger partial charge in [-0.15, -0.1) is 0 Å². The minimum Gasteiger partial charge on any atom is -0.496 e. The van der Waals surface area contributed by atoms with Crippen molar-refractivity contribution in [3.05, 3.63) is 59.7 Å². The molecule has 2 atom stereocenters. The van der Waals surface area contributed by atoms with E-state index >= 15 is 0 Å². The predicted molar refractivity (Wildman–Crippen MR) is 130 cm³/mol. The first-order valence-electron chi connectivity index (χ1n) is 11.7. The molecule has 2 aromatic rings. The largest absolute Gasteiger partial charge is 0.496 e. The summed E-state index contributed by atoms with van der Waals surface area (Å²) in [5, 5.41) is 7.38. The third-order valence-corrected chi connectivity index (χ3v) is 7.93. The Hall–Kier alpha value is -2.09. The van der Waals surface area contributed by atoms with Crippen LogP contribution >= 0.6 is 0 Å². The quantitative estimate of drug-likeness (QED) is 0.627. The monoisotopic (exact) mass is 457 g/mol. The number of nitrogens with zero attached hydrogens (tertiary/aromatic N) is 1. The van der Waals surface area contributed by atoms with Gasteiger partial charge in [-0.2, -0.15) is 0 Å². The predicted octanol–water partition coefficient (Wildman–Crippen LogP) is 3.99. The van der Waals surface area contributed by atoms with E-state index < -0.39 is 10.0 Å². The molecule has 0 radical (unpaired) electrons. The van der Waals surface area contributed by atoms with Crippen LogP contribution < -0.4 is 19.7 Å². The fourth-order valence-corrected chi connectivity index (χ4v) is 6.46. The third kappa shape index (κ3) is 5.27. The molecule has 7 heteroatoms. The smallest absolute Gasteiger partial charge is 0.232 e. The number of piperidine rings is 1. The van der Waals surface area contributed by atoms with E-state index in [0.717, 1.165) is 62.1 Å². The summed E-state index contributed by atoms with van der Waals surface area (Å²) in [4.78, 5) is 0. The molecule has 2 fully saturated rings. The maximum Gasteiger partial charge on any atom is 0.232 e. The van der Waals surface area contributed by atoms with Crippen LogP contribution in [0.1, 0.15) is 55.7 Å². The maximum atomic E-state index is 12.7. The molecule has 6 nitrogen and oxygen atoms in total. The Morgan fingerprint density at radius 2 is 1.81 bits per heavy atom. The summed E-state index contributed by atoms with van der Waals surface area (Å²) in [5.74, 6) is 0.779. The molecule has 32 heavy (non-hydrogen) atoms. The summed E-state index contributed by atoms with van der Waals surface area (Å²) in [6, 6.07) is 16.9. The fourth-order valence-electron chi connectivity index (χ4n) is 5.21. The van der Waals surface area contributed by atoms with Crippen LogP contribution in [0.4, 0.5) is 5.69 Å². The lowest BCUT2D eigenvalue weighted by Crippen LogP contribution is -2.45. The van der Waals surface area contributed by atoms with Crippen molar-refractivity contribution in [1.82, 2.24) is 10.6 Å². The van der Waals surface area contributed by atoms with Crippen molar-refractivity contribution in [2.75, 3.05) is 24.2 Å². The van der Waals surface area contributed by atoms with Gasteiger partial charge in [0.15, 0.2) is 0 Å². The van der Waals surface area contributed by atoms with Crippen molar-refractivity contribution in [3.63, 3.8) is 0 Å². The molecule has 1 heterocycles. The topological polar surface area (TPSA) is 70.7 Å². The molecule has 174 valence electrons. The Morgan fingerprint density at radius 3 is 2.50 bits per heavy atom. The first-order valence-corrected chi connectivity index (χ1v) is 13.5. The summed E-state index contributed by atoms with van der Waals surface area (Å²) in [7, 11) is -1.69. The Labute approximate surface area is 192 Å². The van der Waals surface area contributed by atoms with Crippen LogP contribution in [-0.4, -0.2) is 40.4 Å². The van der Waals surface area contributed by atoms with E-state index in [-0.39, 0.29) is 12.1 Å². The van der Waals surface area contributed by atoms with Gasteiger partial charge in [-0.1, -0.05) is 43.2 Å². The number of anilines is 1. The standard InChI is InChI=1S/C25H35N3O3S/c1-31-24-15-14-22(28(32(2,29)30)21-11-6-7-12-21)17-20(24)18-27-23-13-8-16-26-25(23)19-9-4-3-5-10-19/h3-5,9-10,14-15,17,21,23,25-27H,6-8,11-13,16,18H2,1-2H3/t23-,25-/m0/s1. The number of hydrogen-bond donors (Lipinski definition) is 2. The Morgan fingerprint density at radius 1 is 1.06 bits per heavy atom. The van der Waals surface area contributed by atoms with E-state index in [1.807, 2.05) is 24.3 Å². The number of hydrogen-bond acceptors (Lipinski definition) is 5. The lowest BCUT2D eigenvalue weighted by atomic mass is 9.92. The van der Waals surface area contributed by atoms with Crippen LogP contribution in [0, 0.1) is 0 Å². The number of ether oxygens (including phenoxy) is 1. The molecule has 0 spiro atoms. The van der Waals surface area contributed by atoms with Crippen LogP contribution in [0.3, 0.4) is 0 Å². The van der Waals surface area contributed by atoms with Gasteiger partial charge in [-0.05, 0) is 56.0 Å². The highest BCUT2D eigenvalue weighted by atomic mass is 32.2. The molecule has 2 aliphatic rings. The highest BCUT2D eigenvalue weighted by molar-refractivity contribution is 7.92. The maximum absolute atomic E-state index is 12.7. The fraction of sp³-hybridized carbons (Fsp3) is 0.520. The Bertz CT molecular complexity index is 991. The van der Waals surface area contributed by atoms with Crippen molar-refractivity contribution >= 4 is 15.7 Å². The molecule has 1 aliphatic heterocycles. The molecule has 1 aliphatic carbocycles. The normalized spacial score (nSPS) is 22.1. The summed E-state index contributed by atoms with van der Waals surface area (Å²) < 4.78 is 32.6. The van der Waals surface area contributed by atoms with Crippen LogP contribution in [0.2, 0.25) is 0 Å². The summed E-state index contributed by atoms with van der Waals surface area (Å²) >= 11 is 0. The minimum absolute atomic E-state index is 0.0456. The third-order valence-electron chi connectivity index (χ3n) is 6.70. The number of methoxy groups -OCH3 is 1. The first kappa shape index (κ1) is 23.1. The van der Waals surface area contributed by atoms with Gasteiger partial charge in [0.1, 0.15) is 5.75 Å². The number of nitrogens with one attached hydrogen (secondary N) is 2. The van der Waals surface area contributed by atoms with Crippen molar-refractivity contribution < 1.29 is 13.2 Å². The summed E-state index contributed by atoms with van der Waals surface area (Å²) in [5.41, 5.74) is 3.00. The zero-order chi connectivity index (χ0) is 22.6. The zero-order valence-electron chi connectivity index (χ0n) is 19.1. The van der Waals surface area contributed by atoms with Gasteiger partial charge in [0, 0.05) is 30.2 Å². The molecule has 0 bridgehead atoms. The molecule has 4 rings (SSSR count). The van der Waals surface area contributed by atoms with E-state index in [1.54, 1.807) is 11.4 Å². The van der Waals surface area contributed by atoms with E-state index in [4.69, 9.17) is 4.74 Å². The Balaban J connectivity index is 1.56. The van der Waals surface area contributed by atoms with E-state index in [1.165, 1.54) is 11.8 Å². The summed E-state index contributed by atoms with van der Waals surface area (Å²) in [6.45, 7) is 1.64. The number of sulfonamides is 1. The van der Waals surface area contributed by atoms with E-state index in [0.29, 0.717) is 12.6 Å². The van der Waals surface area contributed by atoms with Crippen molar-refractivity contribution in [2.45, 2.75) is 63.2 Å². The van der Waals surface area contributed by atoms with Gasteiger partial charge in [0.05, 0.1) is 19.1 Å². The van der Waals surface area contributed by atoms with Gasteiger partial charge >= 0.3 is 0 Å². The lowest BCUT2D eigenvalue weighted by Gasteiger charge is -2.34. The average molecular weight is 458 g/mol. The van der Waals surface area contributed by atoms with Gasteiger partial charge < -0.3 is 15.4 Å². The van der Waals surface area contributed by atoms with Crippen molar-refractivity contribution in [3.8, 4) is 5.75 Å². The van der Waals surface area contributed by atoms with E-state index in [2.05, 4.69) is 34.9 Å². The highest BCUT2D eigenvalue weighted by Gasteiger charge is 2.30. The van der Waals surface area contributed by atoms with Crippen LogP contribution in [0.5, 0.6) is 5.75 Å². The minimum atomic E-state index is -3.36. The molecule has 1 saturated heterocycles. The lowest BCUT2D eigenvalue weighted by molar-refractivity contribution is 0.303. The SMILES string of the molecule is COc1ccc(N(C2CCCC2)S(C)(=O)=O)cc1CN[C@H]1CCCN[C@H]1c1ccccc1. The second-order valence-corrected chi connectivity index (χ2v) is 10.8. The zero-order valence-corrected chi connectivity index (χ0v) is 19.9. The molecule has 0 amide bonds. The van der Waals surface area contributed by atoms with Gasteiger partial charge in [0.25, 0.3) is 0 Å². The molecular formula is C25H35N3O3S.